The summed E-state index contributed by atoms with van der Waals surface area (Å²) >= 11 is 0. The van der Waals surface area contributed by atoms with Crippen LogP contribution in [-0.2, 0) is 4.74 Å². The van der Waals surface area contributed by atoms with Crippen molar-refractivity contribution >= 4 is 5.82 Å². The summed E-state index contributed by atoms with van der Waals surface area (Å²) in [4.78, 5) is 4.30. The molecule has 0 bridgehead atoms. The van der Waals surface area contributed by atoms with Gasteiger partial charge in [0.1, 0.15) is 5.82 Å². The predicted molar refractivity (Wildman–Crippen MR) is 61.0 cm³/mol. The molecule has 1 atom stereocenters. The van der Waals surface area contributed by atoms with Gasteiger partial charge in [0, 0.05) is 26.0 Å². The van der Waals surface area contributed by atoms with Crippen LogP contribution in [0.5, 0.6) is 0 Å². The second-order valence-corrected chi connectivity index (χ2v) is 4.11. The smallest absolute Gasteiger partial charge is 0.128 e. The first-order chi connectivity index (χ1) is 7.36. The van der Waals surface area contributed by atoms with E-state index in [2.05, 4.69) is 23.3 Å². The quantitative estimate of drug-likeness (QED) is 0.820. The number of hydrogen-bond acceptors (Lipinski definition) is 3. The largest absolute Gasteiger partial charge is 0.381 e. The van der Waals surface area contributed by atoms with Crippen molar-refractivity contribution in [1.82, 2.24) is 4.98 Å². The Labute approximate surface area is 90.9 Å². The average molecular weight is 206 g/mol. The zero-order chi connectivity index (χ0) is 10.5. The summed E-state index contributed by atoms with van der Waals surface area (Å²) in [5, 5.41) is 3.37. The number of pyridine rings is 1. The fourth-order valence-electron chi connectivity index (χ4n) is 1.88. The van der Waals surface area contributed by atoms with Crippen LogP contribution in [0.4, 0.5) is 5.82 Å². The van der Waals surface area contributed by atoms with Crippen LogP contribution in [0, 0.1) is 12.8 Å². The molecule has 3 heteroatoms. The Morgan fingerprint density at radius 3 is 3.27 bits per heavy atom. The number of nitrogens with one attached hydrogen (secondary N) is 1. The predicted octanol–water partition coefficient (Wildman–Crippen LogP) is 2.23. The highest BCUT2D eigenvalue weighted by Gasteiger charge is 2.14. The van der Waals surface area contributed by atoms with Gasteiger partial charge in [0.15, 0.2) is 0 Å². The van der Waals surface area contributed by atoms with Crippen molar-refractivity contribution in [1.29, 1.82) is 0 Å². The van der Waals surface area contributed by atoms with Crippen molar-refractivity contribution in [3.8, 4) is 0 Å². The molecule has 1 unspecified atom stereocenters. The number of aromatic nitrogens is 1. The Morgan fingerprint density at radius 2 is 2.53 bits per heavy atom. The van der Waals surface area contributed by atoms with Gasteiger partial charge in [-0.1, -0.05) is 6.07 Å². The Hall–Kier alpha value is -1.09. The number of nitrogens with zero attached hydrogens (tertiary/aromatic N) is 1. The normalized spacial score (nSPS) is 20.5. The monoisotopic (exact) mass is 206 g/mol. The van der Waals surface area contributed by atoms with E-state index in [4.69, 9.17) is 4.74 Å². The van der Waals surface area contributed by atoms with Crippen LogP contribution in [0.1, 0.15) is 18.4 Å². The van der Waals surface area contributed by atoms with Gasteiger partial charge in [0.05, 0.1) is 0 Å². The minimum absolute atomic E-state index is 0.738. The molecule has 1 aromatic heterocycles. The third-order valence-electron chi connectivity index (χ3n) is 2.88. The second kappa shape index (κ2) is 5.12. The maximum Gasteiger partial charge on any atom is 0.128 e. The van der Waals surface area contributed by atoms with E-state index >= 15 is 0 Å². The fourth-order valence-corrected chi connectivity index (χ4v) is 1.88. The number of hydrogen-bond donors (Lipinski definition) is 1. The summed E-state index contributed by atoms with van der Waals surface area (Å²) in [5.41, 5.74) is 1.21. The van der Waals surface area contributed by atoms with Gasteiger partial charge < -0.3 is 10.1 Å². The Balaban J connectivity index is 1.75. The lowest BCUT2D eigenvalue weighted by Gasteiger charge is -2.10. The van der Waals surface area contributed by atoms with Crippen molar-refractivity contribution in [3.05, 3.63) is 23.9 Å². The molecule has 3 nitrogen and oxygen atoms in total. The van der Waals surface area contributed by atoms with Crippen molar-refractivity contribution in [2.75, 3.05) is 25.1 Å². The topological polar surface area (TPSA) is 34.2 Å². The van der Waals surface area contributed by atoms with E-state index in [1.54, 1.807) is 0 Å². The molecule has 0 aliphatic carbocycles. The zero-order valence-corrected chi connectivity index (χ0v) is 9.20. The molecule has 0 spiro atoms. The van der Waals surface area contributed by atoms with Gasteiger partial charge in [-0.25, -0.2) is 4.98 Å². The molecule has 1 fully saturated rings. The van der Waals surface area contributed by atoms with E-state index < -0.39 is 0 Å². The van der Waals surface area contributed by atoms with Gasteiger partial charge >= 0.3 is 0 Å². The van der Waals surface area contributed by atoms with Crippen LogP contribution in [0.15, 0.2) is 18.3 Å². The van der Waals surface area contributed by atoms with Crippen molar-refractivity contribution < 1.29 is 4.74 Å². The van der Waals surface area contributed by atoms with Gasteiger partial charge in [-0.05, 0) is 37.3 Å². The van der Waals surface area contributed by atoms with Gasteiger partial charge in [-0.3, -0.25) is 0 Å². The van der Waals surface area contributed by atoms with E-state index in [-0.39, 0.29) is 0 Å². The molecular weight excluding hydrogens is 188 g/mol. The lowest BCUT2D eigenvalue weighted by atomic mass is 10.1. The standard InChI is InChI=1S/C12H18N2O/c1-10-3-2-6-13-12(10)14-7-4-11-5-8-15-9-11/h2-3,6,11H,4-5,7-9H2,1H3,(H,13,14). The van der Waals surface area contributed by atoms with Crippen LogP contribution >= 0.6 is 0 Å². The van der Waals surface area contributed by atoms with E-state index in [1.165, 1.54) is 18.4 Å². The van der Waals surface area contributed by atoms with Gasteiger partial charge in [-0.2, -0.15) is 0 Å². The van der Waals surface area contributed by atoms with Crippen LogP contribution in [0.25, 0.3) is 0 Å². The molecule has 0 saturated carbocycles. The summed E-state index contributed by atoms with van der Waals surface area (Å²) in [5.74, 6) is 1.75. The first kappa shape index (κ1) is 10.4. The number of aryl methyl sites for hydroxylation is 1. The third kappa shape index (κ3) is 2.93. The molecule has 2 rings (SSSR count). The maximum absolute atomic E-state index is 5.34. The zero-order valence-electron chi connectivity index (χ0n) is 9.20. The third-order valence-corrected chi connectivity index (χ3v) is 2.88. The molecular formula is C12H18N2O. The molecule has 1 aromatic rings. The fraction of sp³-hybridized carbons (Fsp3) is 0.583. The number of rotatable bonds is 4. The SMILES string of the molecule is Cc1cccnc1NCCC1CCOC1. The van der Waals surface area contributed by atoms with Crippen molar-refractivity contribution in [2.45, 2.75) is 19.8 Å². The van der Waals surface area contributed by atoms with Gasteiger partial charge in [0.2, 0.25) is 0 Å². The van der Waals surface area contributed by atoms with Crippen LogP contribution in [-0.4, -0.2) is 24.7 Å². The Bertz CT molecular complexity index is 308. The van der Waals surface area contributed by atoms with E-state index in [0.717, 1.165) is 31.5 Å². The first-order valence-electron chi connectivity index (χ1n) is 5.59. The Kier molecular flexibility index (Phi) is 3.56. The van der Waals surface area contributed by atoms with Crippen LogP contribution in [0.3, 0.4) is 0 Å². The molecule has 0 amide bonds. The summed E-state index contributed by atoms with van der Waals surface area (Å²) in [6, 6.07) is 4.04. The molecule has 15 heavy (non-hydrogen) atoms. The molecule has 0 aromatic carbocycles. The maximum atomic E-state index is 5.34. The summed E-state index contributed by atoms with van der Waals surface area (Å²) in [6.45, 7) is 4.94. The lowest BCUT2D eigenvalue weighted by Crippen LogP contribution is -2.10. The molecule has 1 N–H and O–H groups in total. The molecule has 82 valence electrons. The highest BCUT2D eigenvalue weighted by Crippen LogP contribution is 2.16. The highest BCUT2D eigenvalue weighted by atomic mass is 16.5. The summed E-state index contributed by atoms with van der Waals surface area (Å²) < 4.78 is 5.34. The van der Waals surface area contributed by atoms with Crippen molar-refractivity contribution in [3.63, 3.8) is 0 Å². The summed E-state index contributed by atoms with van der Waals surface area (Å²) in [6.07, 6.45) is 4.22. The summed E-state index contributed by atoms with van der Waals surface area (Å²) in [7, 11) is 0. The number of anilines is 1. The van der Waals surface area contributed by atoms with Crippen molar-refractivity contribution in [2.24, 2.45) is 5.92 Å². The van der Waals surface area contributed by atoms with E-state index in [1.807, 2.05) is 12.3 Å². The molecule has 1 saturated heterocycles. The lowest BCUT2D eigenvalue weighted by molar-refractivity contribution is 0.185. The minimum atomic E-state index is 0.738. The van der Waals surface area contributed by atoms with E-state index in [9.17, 15) is 0 Å². The van der Waals surface area contributed by atoms with E-state index in [0.29, 0.717) is 0 Å². The first-order valence-corrected chi connectivity index (χ1v) is 5.59. The average Bonchev–Trinajstić information content (AvgIpc) is 2.74. The molecule has 2 heterocycles. The molecule has 0 radical (unpaired) electrons. The number of ether oxygens (including phenoxy) is 1. The van der Waals surface area contributed by atoms with Gasteiger partial charge in [0.25, 0.3) is 0 Å². The van der Waals surface area contributed by atoms with Gasteiger partial charge in [-0.15, -0.1) is 0 Å². The Morgan fingerprint density at radius 1 is 1.60 bits per heavy atom. The van der Waals surface area contributed by atoms with Crippen LogP contribution < -0.4 is 5.32 Å². The molecule has 1 aliphatic heterocycles. The second-order valence-electron chi connectivity index (χ2n) is 4.11. The molecule has 1 aliphatic rings. The van der Waals surface area contributed by atoms with Crippen LogP contribution in [0.2, 0.25) is 0 Å². The highest BCUT2D eigenvalue weighted by molar-refractivity contribution is 5.42. The minimum Gasteiger partial charge on any atom is -0.381 e.